The molecule has 1 N–H and O–H groups in total. The molecule has 0 saturated heterocycles. The Morgan fingerprint density at radius 3 is 2.58 bits per heavy atom. The highest BCUT2D eigenvalue weighted by molar-refractivity contribution is 6.21. The van der Waals surface area contributed by atoms with Gasteiger partial charge in [0.05, 0.1) is 12.4 Å². The summed E-state index contributed by atoms with van der Waals surface area (Å²) in [5, 5.41) is 8.86. The Morgan fingerprint density at radius 2 is 1.96 bits per heavy atom. The second-order valence-electron chi connectivity index (χ2n) is 6.75. The number of hydrogen-bond acceptors (Lipinski definition) is 2. The fourth-order valence-corrected chi connectivity index (χ4v) is 3.73. The van der Waals surface area contributed by atoms with Crippen LogP contribution in [-0.4, -0.2) is 23.1 Å². The summed E-state index contributed by atoms with van der Waals surface area (Å²) in [7, 11) is 0. The smallest absolute Gasteiger partial charge is 0.303 e. The number of carboxylic acids is 1. The Morgan fingerprint density at radius 1 is 1.27 bits per heavy atom. The van der Waals surface area contributed by atoms with Crippen molar-refractivity contribution in [3.63, 3.8) is 0 Å². The fraction of sp³-hybridized carbons (Fsp3) is 0.682. The van der Waals surface area contributed by atoms with Crippen LogP contribution in [0.5, 0.6) is 0 Å². The van der Waals surface area contributed by atoms with Crippen LogP contribution >= 0.6 is 11.6 Å². The van der Waals surface area contributed by atoms with Gasteiger partial charge in [-0.05, 0) is 70.3 Å². The molecule has 3 atom stereocenters. The highest BCUT2D eigenvalue weighted by atomic mass is 35.5. The highest BCUT2D eigenvalue weighted by Crippen LogP contribution is 2.40. The minimum atomic E-state index is -0.726. The highest BCUT2D eigenvalue weighted by Gasteiger charge is 2.33. The van der Waals surface area contributed by atoms with Crippen molar-refractivity contribution in [2.45, 2.75) is 78.0 Å². The van der Waals surface area contributed by atoms with Gasteiger partial charge in [-0.3, -0.25) is 4.79 Å². The summed E-state index contributed by atoms with van der Waals surface area (Å²) in [5.41, 5.74) is 1.00. The number of ether oxygens (including phenoxy) is 1. The van der Waals surface area contributed by atoms with Gasteiger partial charge in [0.15, 0.2) is 0 Å². The van der Waals surface area contributed by atoms with Crippen LogP contribution in [0.1, 0.15) is 72.6 Å². The first-order valence-electron chi connectivity index (χ1n) is 9.87. The average molecular weight is 385 g/mol. The lowest BCUT2D eigenvalue weighted by molar-refractivity contribution is -0.137. The van der Waals surface area contributed by atoms with Crippen molar-refractivity contribution >= 4 is 17.6 Å². The molecule has 0 aromatic heterocycles. The number of rotatable bonds is 11. The molecule has 0 aromatic rings. The van der Waals surface area contributed by atoms with E-state index in [1.807, 2.05) is 33.8 Å². The maximum Gasteiger partial charge on any atom is 0.303 e. The van der Waals surface area contributed by atoms with Crippen molar-refractivity contribution in [1.82, 2.24) is 0 Å². The normalized spacial score (nSPS) is 22.8. The van der Waals surface area contributed by atoms with E-state index in [4.69, 9.17) is 21.4 Å². The number of carboxylic acid groups (broad SMARTS) is 1. The third kappa shape index (κ3) is 11.4. The van der Waals surface area contributed by atoms with Crippen LogP contribution in [0.25, 0.3) is 0 Å². The summed E-state index contributed by atoms with van der Waals surface area (Å²) in [6, 6.07) is 0. The van der Waals surface area contributed by atoms with Crippen LogP contribution in [0.3, 0.4) is 0 Å². The zero-order valence-corrected chi connectivity index (χ0v) is 17.7. The number of alkyl halides is 1. The molecule has 0 aromatic carbocycles. The molecule has 0 spiro atoms. The molecule has 0 aliphatic heterocycles. The Labute approximate surface area is 165 Å². The fourth-order valence-electron chi connectivity index (χ4n) is 3.30. The molecule has 3 nitrogen and oxygen atoms in total. The van der Waals surface area contributed by atoms with Gasteiger partial charge in [0.2, 0.25) is 0 Å². The van der Waals surface area contributed by atoms with E-state index in [1.165, 1.54) is 0 Å². The second-order valence-corrected chi connectivity index (χ2v) is 7.31. The lowest BCUT2D eigenvalue weighted by Gasteiger charge is -2.20. The summed E-state index contributed by atoms with van der Waals surface area (Å²) >= 11 is 6.49. The largest absolute Gasteiger partial charge is 0.498 e. The molecule has 1 fully saturated rings. The first kappa shape index (κ1) is 24.8. The van der Waals surface area contributed by atoms with Crippen molar-refractivity contribution in [1.29, 1.82) is 0 Å². The Hall–Kier alpha value is -1.22. The molecule has 1 saturated carbocycles. The molecule has 150 valence electrons. The predicted molar refractivity (Wildman–Crippen MR) is 112 cm³/mol. The first-order chi connectivity index (χ1) is 12.4. The molecule has 0 amide bonds. The average Bonchev–Trinajstić information content (AvgIpc) is 2.92. The van der Waals surface area contributed by atoms with Gasteiger partial charge in [-0.25, -0.2) is 0 Å². The van der Waals surface area contributed by atoms with Crippen LogP contribution < -0.4 is 0 Å². The maximum absolute atomic E-state index is 10.5. The summed E-state index contributed by atoms with van der Waals surface area (Å²) in [5.74, 6) is 1.29. The van der Waals surface area contributed by atoms with E-state index in [9.17, 15) is 4.79 Å². The molecular formula is C22H37ClO3. The second kappa shape index (κ2) is 14.9. The van der Waals surface area contributed by atoms with Crippen molar-refractivity contribution in [3.05, 3.63) is 36.1 Å². The third-order valence-corrected chi connectivity index (χ3v) is 5.03. The van der Waals surface area contributed by atoms with Gasteiger partial charge in [-0.1, -0.05) is 38.2 Å². The van der Waals surface area contributed by atoms with Gasteiger partial charge in [0.25, 0.3) is 0 Å². The third-order valence-electron chi connectivity index (χ3n) is 4.49. The predicted octanol–water partition coefficient (Wildman–Crippen LogP) is 6.73. The van der Waals surface area contributed by atoms with Crippen molar-refractivity contribution in [2.24, 2.45) is 11.8 Å². The Bertz CT molecular complexity index is 468. The van der Waals surface area contributed by atoms with Gasteiger partial charge in [0, 0.05) is 11.8 Å². The maximum atomic E-state index is 10.5. The molecule has 1 aliphatic rings. The van der Waals surface area contributed by atoms with E-state index in [0.717, 1.165) is 50.0 Å². The summed E-state index contributed by atoms with van der Waals surface area (Å²) in [6.45, 7) is 12.5. The standard InChI is InChI=1S/C20H31ClO3.C2H6/c1-15(2)14-16(3)24-13-12-17-10-11-19(21)18(17)8-6-4-5-7-9-20(22)23;1-2/h4,6,14,17-19H,1,5,7-13H2,2-3H3,(H,22,23);1-2H3/b6-4-,16-14+;/t17?,18-,19-;/m1./s1. The zero-order chi connectivity index (χ0) is 19.9. The molecule has 0 heterocycles. The van der Waals surface area contributed by atoms with Crippen LogP contribution in [-0.2, 0) is 9.53 Å². The van der Waals surface area contributed by atoms with Crippen LogP contribution in [0.2, 0.25) is 0 Å². The number of halogens is 1. The van der Waals surface area contributed by atoms with Crippen molar-refractivity contribution in [3.8, 4) is 0 Å². The summed E-state index contributed by atoms with van der Waals surface area (Å²) in [4.78, 5) is 10.5. The van der Waals surface area contributed by atoms with Crippen molar-refractivity contribution in [2.75, 3.05) is 6.61 Å². The Balaban J connectivity index is 0.00000301. The van der Waals surface area contributed by atoms with Gasteiger partial charge in [-0.15, -0.1) is 11.6 Å². The van der Waals surface area contributed by atoms with Crippen molar-refractivity contribution < 1.29 is 14.6 Å². The summed E-state index contributed by atoms with van der Waals surface area (Å²) < 4.78 is 5.76. The molecule has 1 rings (SSSR count). The van der Waals surface area contributed by atoms with E-state index < -0.39 is 5.97 Å². The number of hydrogen-bond donors (Lipinski definition) is 1. The molecule has 0 bridgehead atoms. The molecule has 26 heavy (non-hydrogen) atoms. The molecule has 1 aliphatic carbocycles. The molecular weight excluding hydrogens is 348 g/mol. The number of carbonyl (C=O) groups is 1. The zero-order valence-electron chi connectivity index (χ0n) is 17.0. The van der Waals surface area contributed by atoms with Crippen LogP contribution in [0.4, 0.5) is 0 Å². The number of unbranched alkanes of at least 4 members (excludes halogenated alkanes) is 1. The topological polar surface area (TPSA) is 46.5 Å². The number of allylic oxidation sites excluding steroid dienone is 5. The summed E-state index contributed by atoms with van der Waals surface area (Å²) in [6.07, 6.45) is 12.2. The molecule has 1 unspecified atom stereocenters. The van der Waals surface area contributed by atoms with Gasteiger partial charge in [0.1, 0.15) is 0 Å². The lowest BCUT2D eigenvalue weighted by Crippen LogP contribution is -2.16. The molecule has 4 heteroatoms. The monoisotopic (exact) mass is 384 g/mol. The Kier molecular flexibility index (Phi) is 14.2. The minimum absolute atomic E-state index is 0.239. The van der Waals surface area contributed by atoms with E-state index in [0.29, 0.717) is 18.3 Å². The van der Waals surface area contributed by atoms with Gasteiger partial charge < -0.3 is 9.84 Å². The SMILES string of the molecule is C=C(C)/C=C(\C)OCCC1CC[C@@H](Cl)[C@@H]1C/C=C\CCCC(=O)O.CC. The van der Waals surface area contributed by atoms with Gasteiger partial charge >= 0.3 is 5.97 Å². The van der Waals surface area contributed by atoms with Crippen LogP contribution in [0, 0.1) is 11.8 Å². The van der Waals surface area contributed by atoms with E-state index >= 15 is 0 Å². The van der Waals surface area contributed by atoms with Crippen LogP contribution in [0.15, 0.2) is 36.1 Å². The number of aliphatic carboxylic acids is 1. The minimum Gasteiger partial charge on any atom is -0.498 e. The lowest BCUT2D eigenvalue weighted by atomic mass is 9.90. The quantitative estimate of drug-likeness (QED) is 0.141. The van der Waals surface area contributed by atoms with Gasteiger partial charge in [-0.2, -0.15) is 0 Å². The van der Waals surface area contributed by atoms with E-state index in [1.54, 1.807) is 0 Å². The van der Waals surface area contributed by atoms with E-state index in [-0.39, 0.29) is 11.8 Å². The molecule has 0 radical (unpaired) electrons. The first-order valence-corrected chi connectivity index (χ1v) is 10.3. The van der Waals surface area contributed by atoms with E-state index in [2.05, 4.69) is 18.7 Å².